The topological polar surface area (TPSA) is 70.2 Å². The lowest BCUT2D eigenvalue weighted by Crippen LogP contribution is -2.29. The third-order valence-electron chi connectivity index (χ3n) is 2.83. The Labute approximate surface area is 134 Å². The number of benzene rings is 1. The van der Waals surface area contributed by atoms with Gasteiger partial charge in [0, 0.05) is 30.5 Å². The van der Waals surface area contributed by atoms with Crippen molar-refractivity contribution in [2.45, 2.75) is 13.5 Å². The number of nitrogens with one attached hydrogen (secondary N) is 2. The van der Waals surface area contributed by atoms with E-state index in [9.17, 15) is 4.79 Å². The van der Waals surface area contributed by atoms with E-state index in [1.165, 1.54) is 0 Å². The summed E-state index contributed by atoms with van der Waals surface area (Å²) in [6.45, 7) is 2.22. The summed E-state index contributed by atoms with van der Waals surface area (Å²) in [6.07, 6.45) is 0. The second-order valence-corrected chi connectivity index (χ2v) is 5.45. The van der Waals surface area contributed by atoms with E-state index in [2.05, 4.69) is 20.6 Å². The number of carbonyl (C=O) groups is 1. The number of aromatic nitrogens is 2. The highest BCUT2D eigenvalue weighted by molar-refractivity contribution is 6.30. The predicted molar refractivity (Wildman–Crippen MR) is 88.4 cm³/mol. The minimum atomic E-state index is -0.301. The van der Waals surface area contributed by atoms with E-state index in [1.54, 1.807) is 24.3 Å². The maximum Gasteiger partial charge on any atom is 0.319 e. The van der Waals surface area contributed by atoms with Crippen LogP contribution in [0.2, 0.25) is 5.02 Å². The van der Waals surface area contributed by atoms with E-state index in [1.807, 2.05) is 32.0 Å². The summed E-state index contributed by atoms with van der Waals surface area (Å²) >= 11 is 5.80. The number of carbonyl (C=O) groups excluding carboxylic acids is 1. The normalized spacial score (nSPS) is 10.2. The third-order valence-corrected chi connectivity index (χ3v) is 3.08. The summed E-state index contributed by atoms with van der Waals surface area (Å²) < 4.78 is 0. The van der Waals surface area contributed by atoms with Gasteiger partial charge in [-0.2, -0.15) is 0 Å². The minimum absolute atomic E-state index is 0.301. The second kappa shape index (κ2) is 7.09. The van der Waals surface area contributed by atoms with E-state index in [-0.39, 0.29) is 6.03 Å². The Hall–Kier alpha value is -2.34. The van der Waals surface area contributed by atoms with Crippen LogP contribution in [0.25, 0.3) is 0 Å². The fraction of sp³-hybridized carbons (Fsp3) is 0.267. The lowest BCUT2D eigenvalue weighted by Gasteiger charge is -2.13. The van der Waals surface area contributed by atoms with E-state index < -0.39 is 0 Å². The van der Waals surface area contributed by atoms with Gasteiger partial charge in [-0.25, -0.2) is 14.8 Å². The number of hydrogen-bond acceptors (Lipinski definition) is 4. The van der Waals surface area contributed by atoms with E-state index >= 15 is 0 Å². The molecule has 2 aromatic rings. The summed E-state index contributed by atoms with van der Waals surface area (Å²) in [5.74, 6) is 0.620. The van der Waals surface area contributed by atoms with Gasteiger partial charge >= 0.3 is 6.03 Å². The van der Waals surface area contributed by atoms with Gasteiger partial charge in [0.15, 0.2) is 0 Å². The monoisotopic (exact) mass is 319 g/mol. The molecule has 22 heavy (non-hydrogen) atoms. The highest BCUT2D eigenvalue weighted by Gasteiger charge is 2.06. The molecule has 0 aliphatic rings. The van der Waals surface area contributed by atoms with Crippen molar-refractivity contribution in [3.8, 4) is 0 Å². The van der Waals surface area contributed by atoms with Gasteiger partial charge in [-0.05, 0) is 37.3 Å². The fourth-order valence-electron chi connectivity index (χ4n) is 1.79. The molecule has 0 aliphatic carbocycles. The first-order valence-corrected chi connectivity index (χ1v) is 7.14. The molecule has 0 fully saturated rings. The number of anilines is 2. The summed E-state index contributed by atoms with van der Waals surface area (Å²) in [5.41, 5.74) is 2.28. The molecule has 0 saturated carbocycles. The zero-order chi connectivity index (χ0) is 16.1. The molecule has 0 saturated heterocycles. The van der Waals surface area contributed by atoms with Crippen LogP contribution in [0.1, 0.15) is 11.4 Å². The quantitative estimate of drug-likeness (QED) is 0.909. The van der Waals surface area contributed by atoms with Crippen molar-refractivity contribution in [2.24, 2.45) is 0 Å². The maximum atomic E-state index is 11.9. The molecule has 116 valence electrons. The Morgan fingerprint density at radius 2 is 1.91 bits per heavy atom. The molecule has 0 unspecified atom stereocenters. The average molecular weight is 320 g/mol. The fourth-order valence-corrected chi connectivity index (χ4v) is 1.91. The predicted octanol–water partition coefficient (Wildman–Crippen LogP) is 2.83. The zero-order valence-electron chi connectivity index (χ0n) is 12.7. The SMILES string of the molecule is Cc1cc(CNC(=O)Nc2ccc(Cl)cc2)nc(N(C)C)n1. The molecule has 1 aromatic carbocycles. The minimum Gasteiger partial charge on any atom is -0.347 e. The van der Waals surface area contributed by atoms with E-state index in [0.29, 0.717) is 23.2 Å². The molecule has 2 N–H and O–H groups in total. The van der Waals surface area contributed by atoms with E-state index in [0.717, 1.165) is 11.4 Å². The molecule has 6 nitrogen and oxygen atoms in total. The summed E-state index contributed by atoms with van der Waals surface area (Å²) in [5, 5.41) is 6.12. The number of amides is 2. The van der Waals surface area contributed by atoms with Crippen LogP contribution in [-0.4, -0.2) is 30.1 Å². The Morgan fingerprint density at radius 3 is 2.55 bits per heavy atom. The molecule has 0 radical (unpaired) electrons. The molecular weight excluding hydrogens is 302 g/mol. The summed E-state index contributed by atoms with van der Waals surface area (Å²) in [7, 11) is 3.75. The standard InChI is InChI=1S/C15H18ClN5O/c1-10-8-13(19-14(18-10)21(2)3)9-17-15(22)20-12-6-4-11(16)5-7-12/h4-8H,9H2,1-3H3,(H2,17,20,22). The van der Waals surface area contributed by atoms with Crippen LogP contribution in [0.5, 0.6) is 0 Å². The number of nitrogens with zero attached hydrogens (tertiary/aromatic N) is 3. The molecule has 1 aromatic heterocycles. The van der Waals surface area contributed by atoms with Crippen molar-refractivity contribution in [3.05, 3.63) is 46.7 Å². The average Bonchev–Trinajstić information content (AvgIpc) is 2.47. The molecule has 0 bridgehead atoms. The number of rotatable bonds is 4. The van der Waals surface area contributed by atoms with Crippen molar-refractivity contribution >= 4 is 29.3 Å². The highest BCUT2D eigenvalue weighted by Crippen LogP contribution is 2.13. The van der Waals surface area contributed by atoms with Crippen molar-refractivity contribution in [3.63, 3.8) is 0 Å². The summed E-state index contributed by atoms with van der Waals surface area (Å²) in [4.78, 5) is 22.4. The molecule has 0 aliphatic heterocycles. The molecule has 0 atom stereocenters. The first kappa shape index (κ1) is 16.0. The van der Waals surface area contributed by atoms with Crippen LogP contribution in [0.3, 0.4) is 0 Å². The first-order chi connectivity index (χ1) is 10.4. The highest BCUT2D eigenvalue weighted by atomic mass is 35.5. The lowest BCUT2D eigenvalue weighted by molar-refractivity contribution is 0.251. The second-order valence-electron chi connectivity index (χ2n) is 5.01. The van der Waals surface area contributed by atoms with Gasteiger partial charge in [0.05, 0.1) is 12.2 Å². The van der Waals surface area contributed by atoms with Crippen LogP contribution >= 0.6 is 11.6 Å². The molecular formula is C15H18ClN5O. The molecule has 2 rings (SSSR count). The van der Waals surface area contributed by atoms with Crippen LogP contribution in [0.4, 0.5) is 16.4 Å². The van der Waals surface area contributed by atoms with Gasteiger partial charge < -0.3 is 15.5 Å². The van der Waals surface area contributed by atoms with Gasteiger partial charge in [0.25, 0.3) is 0 Å². The molecule has 7 heteroatoms. The Bertz CT molecular complexity index is 657. The number of aryl methyl sites for hydroxylation is 1. The maximum absolute atomic E-state index is 11.9. The smallest absolute Gasteiger partial charge is 0.319 e. The van der Waals surface area contributed by atoms with Gasteiger partial charge in [0.2, 0.25) is 5.95 Å². The number of hydrogen-bond donors (Lipinski definition) is 2. The van der Waals surface area contributed by atoms with Crippen LogP contribution < -0.4 is 15.5 Å². The number of urea groups is 1. The molecule has 2 amide bonds. The third kappa shape index (κ3) is 4.60. The van der Waals surface area contributed by atoms with Gasteiger partial charge in [0.1, 0.15) is 0 Å². The van der Waals surface area contributed by atoms with Crippen LogP contribution in [0.15, 0.2) is 30.3 Å². The largest absolute Gasteiger partial charge is 0.347 e. The Morgan fingerprint density at radius 1 is 1.23 bits per heavy atom. The lowest BCUT2D eigenvalue weighted by atomic mass is 10.3. The molecule has 1 heterocycles. The van der Waals surface area contributed by atoms with E-state index in [4.69, 9.17) is 11.6 Å². The molecule has 0 spiro atoms. The van der Waals surface area contributed by atoms with Crippen molar-refractivity contribution in [2.75, 3.05) is 24.3 Å². The van der Waals surface area contributed by atoms with Gasteiger partial charge in [-0.15, -0.1) is 0 Å². The first-order valence-electron chi connectivity index (χ1n) is 6.76. The van der Waals surface area contributed by atoms with Crippen LogP contribution in [-0.2, 0) is 6.54 Å². The Balaban J connectivity index is 1.94. The Kier molecular flexibility index (Phi) is 5.16. The van der Waals surface area contributed by atoms with Gasteiger partial charge in [-0.1, -0.05) is 11.6 Å². The van der Waals surface area contributed by atoms with Crippen molar-refractivity contribution < 1.29 is 4.79 Å². The van der Waals surface area contributed by atoms with Crippen LogP contribution in [0, 0.1) is 6.92 Å². The van der Waals surface area contributed by atoms with Crippen molar-refractivity contribution in [1.29, 1.82) is 0 Å². The summed E-state index contributed by atoms with van der Waals surface area (Å²) in [6, 6.07) is 8.45. The zero-order valence-corrected chi connectivity index (χ0v) is 13.5. The van der Waals surface area contributed by atoms with Crippen molar-refractivity contribution in [1.82, 2.24) is 15.3 Å². The van der Waals surface area contributed by atoms with Gasteiger partial charge in [-0.3, -0.25) is 0 Å². The number of halogens is 1.